The molecule has 0 atom stereocenters. The fourth-order valence-corrected chi connectivity index (χ4v) is 8.21. The minimum Gasteiger partial charge on any atom is -0.351 e. The molecule has 0 radical (unpaired) electrons. The zero-order chi connectivity index (χ0) is 25.7. The van der Waals surface area contributed by atoms with Crippen molar-refractivity contribution in [2.24, 2.45) is 17.8 Å². The number of nitrogens with zero attached hydrogens (tertiary/aromatic N) is 1. The minimum atomic E-state index is -0.0798. The van der Waals surface area contributed by atoms with Crippen molar-refractivity contribution in [3.05, 3.63) is 74.9 Å². The third-order valence-electron chi connectivity index (χ3n) is 8.74. The largest absolute Gasteiger partial charge is 0.351 e. The molecular weight excluding hydrogens is 525 g/mol. The van der Waals surface area contributed by atoms with E-state index in [1.54, 1.807) is 12.1 Å². The average Bonchev–Trinajstić information content (AvgIpc) is 3.18. The van der Waals surface area contributed by atoms with Crippen molar-refractivity contribution >= 4 is 40.7 Å². The van der Waals surface area contributed by atoms with Crippen molar-refractivity contribution in [2.75, 3.05) is 13.1 Å². The van der Waals surface area contributed by atoms with E-state index in [9.17, 15) is 4.79 Å². The van der Waals surface area contributed by atoms with Crippen LogP contribution in [0, 0.1) is 24.7 Å². The first-order valence-electron chi connectivity index (χ1n) is 13.3. The Morgan fingerprint density at radius 3 is 2.16 bits per heavy atom. The molecule has 3 aromatic rings. The number of nitrogens with one attached hydrogen (secondary N) is 2. The number of amides is 1. The van der Waals surface area contributed by atoms with E-state index in [0.29, 0.717) is 32.7 Å². The molecular formula is C30H32Cl3N3O. The average molecular weight is 557 g/mol. The summed E-state index contributed by atoms with van der Waals surface area (Å²) >= 11 is 18.9. The Hall–Kier alpha value is -1.98. The molecule has 4 nitrogen and oxygen atoms in total. The van der Waals surface area contributed by atoms with Crippen LogP contribution in [-0.4, -0.2) is 29.1 Å². The van der Waals surface area contributed by atoms with Crippen molar-refractivity contribution in [3.63, 3.8) is 0 Å². The van der Waals surface area contributed by atoms with Crippen molar-refractivity contribution in [1.82, 2.24) is 15.2 Å². The molecule has 4 aliphatic rings. The second kappa shape index (κ2) is 9.96. The van der Waals surface area contributed by atoms with E-state index in [0.717, 1.165) is 46.8 Å². The summed E-state index contributed by atoms with van der Waals surface area (Å²) in [6.07, 6.45) is 10.1. The molecule has 2 aromatic carbocycles. The summed E-state index contributed by atoms with van der Waals surface area (Å²) in [4.78, 5) is 13.4. The SMILES string of the molecule is Cc1c(C(=O)NCCNC23CC4CC(CC(C4)C2)C3)cn(-c2ccc(Cl)cc2Cl)c1-c1ccc(Cl)cc1. The van der Waals surface area contributed by atoms with Crippen LogP contribution < -0.4 is 10.6 Å². The summed E-state index contributed by atoms with van der Waals surface area (Å²) in [6, 6.07) is 13.0. The van der Waals surface area contributed by atoms with Crippen LogP contribution in [-0.2, 0) is 0 Å². The van der Waals surface area contributed by atoms with Crippen LogP contribution in [0.1, 0.15) is 54.4 Å². The van der Waals surface area contributed by atoms with Gasteiger partial charge < -0.3 is 15.2 Å². The van der Waals surface area contributed by atoms with Gasteiger partial charge in [0.25, 0.3) is 5.91 Å². The molecule has 0 spiro atoms. The summed E-state index contributed by atoms with van der Waals surface area (Å²) < 4.78 is 1.97. The Balaban J connectivity index is 1.21. The molecule has 1 amide bonds. The van der Waals surface area contributed by atoms with Gasteiger partial charge in [0.05, 0.1) is 22.0 Å². The number of carbonyl (C=O) groups excluding carboxylic acids is 1. The van der Waals surface area contributed by atoms with E-state index in [2.05, 4.69) is 10.6 Å². The summed E-state index contributed by atoms with van der Waals surface area (Å²) in [5.41, 5.74) is 4.44. The molecule has 4 fully saturated rings. The molecule has 1 aromatic heterocycles. The molecule has 7 heteroatoms. The van der Waals surface area contributed by atoms with E-state index in [1.807, 2.05) is 48.0 Å². The number of hydrogen-bond acceptors (Lipinski definition) is 2. The summed E-state index contributed by atoms with van der Waals surface area (Å²) in [6.45, 7) is 3.38. The van der Waals surface area contributed by atoms with E-state index >= 15 is 0 Å². The number of benzene rings is 2. The molecule has 4 bridgehead atoms. The predicted octanol–water partition coefficient (Wildman–Crippen LogP) is 7.70. The Morgan fingerprint density at radius 2 is 1.54 bits per heavy atom. The van der Waals surface area contributed by atoms with Gasteiger partial charge in [0.1, 0.15) is 0 Å². The van der Waals surface area contributed by atoms with Crippen molar-refractivity contribution in [2.45, 2.75) is 51.0 Å². The van der Waals surface area contributed by atoms with Crippen LogP contribution in [0.4, 0.5) is 0 Å². The first-order valence-corrected chi connectivity index (χ1v) is 14.4. The highest BCUT2D eigenvalue weighted by molar-refractivity contribution is 6.35. The Kier molecular flexibility index (Phi) is 6.81. The molecule has 194 valence electrons. The van der Waals surface area contributed by atoms with Gasteiger partial charge in [0, 0.05) is 34.9 Å². The van der Waals surface area contributed by atoms with Crippen LogP contribution in [0.15, 0.2) is 48.7 Å². The lowest BCUT2D eigenvalue weighted by molar-refractivity contribution is -0.0192. The lowest BCUT2D eigenvalue weighted by Gasteiger charge is -2.57. The zero-order valence-corrected chi connectivity index (χ0v) is 23.3. The van der Waals surface area contributed by atoms with E-state index in [-0.39, 0.29) is 5.91 Å². The fourth-order valence-electron chi connectivity index (χ4n) is 7.58. The van der Waals surface area contributed by atoms with Crippen molar-refractivity contribution in [3.8, 4) is 16.9 Å². The maximum Gasteiger partial charge on any atom is 0.253 e. The fraction of sp³-hybridized carbons (Fsp3) is 0.433. The van der Waals surface area contributed by atoms with E-state index in [1.165, 1.54) is 38.5 Å². The minimum absolute atomic E-state index is 0.0798. The van der Waals surface area contributed by atoms with Crippen LogP contribution in [0.5, 0.6) is 0 Å². The van der Waals surface area contributed by atoms with Gasteiger partial charge in [-0.25, -0.2) is 0 Å². The van der Waals surface area contributed by atoms with Gasteiger partial charge in [-0.2, -0.15) is 0 Å². The third kappa shape index (κ3) is 4.94. The summed E-state index contributed by atoms with van der Waals surface area (Å²) in [7, 11) is 0. The quantitative estimate of drug-likeness (QED) is 0.293. The third-order valence-corrected chi connectivity index (χ3v) is 9.53. The van der Waals surface area contributed by atoms with Crippen molar-refractivity contribution < 1.29 is 4.79 Å². The predicted molar refractivity (Wildman–Crippen MR) is 152 cm³/mol. The van der Waals surface area contributed by atoms with Gasteiger partial charge in [-0.05, 0) is 105 Å². The first kappa shape index (κ1) is 25.3. The summed E-state index contributed by atoms with van der Waals surface area (Å²) in [5.74, 6) is 2.63. The maximum absolute atomic E-state index is 13.4. The number of carbonyl (C=O) groups is 1. The molecule has 4 saturated carbocycles. The van der Waals surface area contributed by atoms with Crippen LogP contribution in [0.3, 0.4) is 0 Å². The highest BCUT2D eigenvalue weighted by Gasteiger charge is 2.50. The Morgan fingerprint density at radius 1 is 0.919 bits per heavy atom. The molecule has 0 aliphatic heterocycles. The molecule has 0 saturated heterocycles. The number of rotatable bonds is 7. The van der Waals surface area contributed by atoms with Gasteiger partial charge in [-0.1, -0.05) is 46.9 Å². The highest BCUT2D eigenvalue weighted by Crippen LogP contribution is 2.55. The van der Waals surface area contributed by atoms with Gasteiger partial charge in [0.2, 0.25) is 0 Å². The Bertz CT molecular complexity index is 1300. The smallest absolute Gasteiger partial charge is 0.253 e. The van der Waals surface area contributed by atoms with Gasteiger partial charge >= 0.3 is 0 Å². The van der Waals surface area contributed by atoms with Crippen LogP contribution in [0.2, 0.25) is 15.1 Å². The summed E-state index contributed by atoms with van der Waals surface area (Å²) in [5, 5.41) is 8.77. The highest BCUT2D eigenvalue weighted by atomic mass is 35.5. The number of aromatic nitrogens is 1. The van der Waals surface area contributed by atoms with Crippen molar-refractivity contribution in [1.29, 1.82) is 0 Å². The molecule has 4 aliphatic carbocycles. The molecule has 7 rings (SSSR count). The van der Waals surface area contributed by atoms with Gasteiger partial charge in [0.15, 0.2) is 0 Å². The lowest BCUT2D eigenvalue weighted by atomic mass is 9.53. The topological polar surface area (TPSA) is 46.1 Å². The van der Waals surface area contributed by atoms with E-state index in [4.69, 9.17) is 34.8 Å². The number of hydrogen-bond donors (Lipinski definition) is 2. The maximum atomic E-state index is 13.4. The molecule has 37 heavy (non-hydrogen) atoms. The molecule has 2 N–H and O–H groups in total. The number of halogens is 3. The van der Waals surface area contributed by atoms with E-state index < -0.39 is 0 Å². The molecule has 1 heterocycles. The zero-order valence-electron chi connectivity index (χ0n) is 21.0. The standard InChI is InChI=1S/C30H32Cl3N3O/c1-18-25(29(37)34-8-9-35-30-14-19-10-20(15-30)12-21(11-19)16-30)17-36(27-7-6-24(32)13-26(27)33)28(18)22-2-4-23(31)5-3-22/h2-7,13,17,19-21,35H,8-12,14-16H2,1H3,(H,34,37). The Labute approximate surface area is 233 Å². The monoisotopic (exact) mass is 555 g/mol. The lowest BCUT2D eigenvalue weighted by Crippen LogP contribution is -2.59. The van der Waals surface area contributed by atoms with Crippen LogP contribution in [0.25, 0.3) is 16.9 Å². The van der Waals surface area contributed by atoms with Gasteiger partial charge in [-0.3, -0.25) is 4.79 Å². The first-order chi connectivity index (χ1) is 17.8. The second-order valence-corrected chi connectivity index (χ2v) is 12.6. The molecule has 0 unspecified atom stereocenters. The second-order valence-electron chi connectivity index (χ2n) is 11.4. The van der Waals surface area contributed by atoms with Gasteiger partial charge in [-0.15, -0.1) is 0 Å². The normalized spacial score (nSPS) is 26.0. The van der Waals surface area contributed by atoms with Crippen LogP contribution >= 0.6 is 34.8 Å².